The van der Waals surface area contributed by atoms with Crippen LogP contribution in [-0.2, 0) is 0 Å². The second kappa shape index (κ2) is 6.37. The maximum absolute atomic E-state index is 12.4. The summed E-state index contributed by atoms with van der Waals surface area (Å²) in [6.07, 6.45) is 7.01. The van der Waals surface area contributed by atoms with Crippen molar-refractivity contribution in [3.05, 3.63) is 69.2 Å². The van der Waals surface area contributed by atoms with Gasteiger partial charge >= 0.3 is 0 Å². The van der Waals surface area contributed by atoms with Gasteiger partial charge in [0.05, 0.1) is 17.9 Å². The lowest BCUT2D eigenvalue weighted by Crippen LogP contribution is -2.23. The quantitative estimate of drug-likeness (QED) is 0.565. The number of aromatic nitrogens is 3. The lowest BCUT2D eigenvalue weighted by molar-refractivity contribution is 0.414. The fraction of sp³-hybridized carbons (Fsp3) is 0.0556. The molecular weight excluding hydrogens is 338 g/mol. The van der Waals surface area contributed by atoms with Gasteiger partial charge < -0.3 is 9.15 Å². The second-order valence-corrected chi connectivity index (χ2v) is 6.16. The van der Waals surface area contributed by atoms with Crippen molar-refractivity contribution >= 4 is 28.4 Å². The highest BCUT2D eigenvalue weighted by Crippen LogP contribution is 2.19. The SMILES string of the molecule is COc1ccccc1/C=C/C=c1/sc2nc(-c3ccco3)nn2c1=O. The number of benzene rings is 1. The Balaban J connectivity index is 1.69. The third kappa shape index (κ3) is 2.85. The van der Waals surface area contributed by atoms with Gasteiger partial charge in [-0.15, -0.1) is 5.10 Å². The van der Waals surface area contributed by atoms with E-state index in [2.05, 4.69) is 10.1 Å². The Bertz CT molecular complexity index is 1160. The van der Waals surface area contributed by atoms with Crippen molar-refractivity contribution in [3.63, 3.8) is 0 Å². The molecule has 0 radical (unpaired) electrons. The number of allylic oxidation sites excluding steroid dienone is 1. The molecule has 3 aromatic heterocycles. The zero-order valence-corrected chi connectivity index (χ0v) is 14.1. The van der Waals surface area contributed by atoms with Crippen LogP contribution in [0.4, 0.5) is 0 Å². The number of fused-ring (bicyclic) bond motifs is 1. The molecule has 0 aliphatic heterocycles. The van der Waals surface area contributed by atoms with Crippen LogP contribution in [0.1, 0.15) is 5.56 Å². The monoisotopic (exact) mass is 351 g/mol. The van der Waals surface area contributed by atoms with Gasteiger partial charge in [-0.05, 0) is 24.3 Å². The van der Waals surface area contributed by atoms with Crippen LogP contribution in [-0.4, -0.2) is 21.7 Å². The number of rotatable bonds is 4. The van der Waals surface area contributed by atoms with Crippen LogP contribution in [0.15, 0.2) is 57.9 Å². The second-order valence-electron chi connectivity index (χ2n) is 5.15. The normalized spacial score (nSPS) is 12.4. The minimum atomic E-state index is -0.199. The fourth-order valence-electron chi connectivity index (χ4n) is 2.40. The molecule has 25 heavy (non-hydrogen) atoms. The molecule has 4 rings (SSSR count). The number of ether oxygens (including phenoxy) is 1. The lowest BCUT2D eigenvalue weighted by atomic mass is 10.2. The number of para-hydroxylation sites is 1. The summed E-state index contributed by atoms with van der Waals surface area (Å²) in [4.78, 5) is 17.3. The van der Waals surface area contributed by atoms with Crippen LogP contribution in [0.3, 0.4) is 0 Å². The van der Waals surface area contributed by atoms with Gasteiger partial charge in [-0.1, -0.05) is 41.7 Å². The summed E-state index contributed by atoms with van der Waals surface area (Å²) in [6, 6.07) is 11.2. The summed E-state index contributed by atoms with van der Waals surface area (Å²) in [5.41, 5.74) is 0.739. The maximum Gasteiger partial charge on any atom is 0.291 e. The summed E-state index contributed by atoms with van der Waals surface area (Å²) in [5.74, 6) is 1.72. The van der Waals surface area contributed by atoms with Crippen LogP contribution < -0.4 is 14.8 Å². The molecule has 7 heteroatoms. The Kier molecular flexibility index (Phi) is 3.91. The van der Waals surface area contributed by atoms with Gasteiger partial charge in [0.1, 0.15) is 5.75 Å². The number of methoxy groups -OCH3 is 1. The molecular formula is C18H13N3O3S. The number of furan rings is 1. The molecule has 0 saturated carbocycles. The Hall–Kier alpha value is -3.19. The van der Waals surface area contributed by atoms with Crippen molar-refractivity contribution in [3.8, 4) is 17.3 Å². The van der Waals surface area contributed by atoms with Crippen LogP contribution in [0, 0.1) is 0 Å². The van der Waals surface area contributed by atoms with Gasteiger partial charge in [0.2, 0.25) is 10.8 Å². The molecule has 6 nitrogen and oxygen atoms in total. The molecule has 1 aromatic carbocycles. The predicted molar refractivity (Wildman–Crippen MR) is 96.5 cm³/mol. The summed E-state index contributed by atoms with van der Waals surface area (Å²) in [6.45, 7) is 0. The van der Waals surface area contributed by atoms with Crippen LogP contribution >= 0.6 is 11.3 Å². The minimum Gasteiger partial charge on any atom is -0.496 e. The highest BCUT2D eigenvalue weighted by Gasteiger charge is 2.12. The Morgan fingerprint density at radius 2 is 2.12 bits per heavy atom. The van der Waals surface area contributed by atoms with E-state index in [1.165, 1.54) is 15.9 Å². The van der Waals surface area contributed by atoms with E-state index in [4.69, 9.17) is 9.15 Å². The number of hydrogen-bond donors (Lipinski definition) is 0. The highest BCUT2D eigenvalue weighted by atomic mass is 32.1. The van der Waals surface area contributed by atoms with Gasteiger partial charge in [0.15, 0.2) is 5.76 Å². The molecule has 0 N–H and O–H groups in total. The van der Waals surface area contributed by atoms with Gasteiger partial charge in [0.25, 0.3) is 5.56 Å². The lowest BCUT2D eigenvalue weighted by Gasteiger charge is -2.02. The number of nitrogens with zero attached hydrogens (tertiary/aromatic N) is 3. The molecule has 0 spiro atoms. The molecule has 0 saturated heterocycles. The first-order valence-corrected chi connectivity index (χ1v) is 8.33. The first kappa shape index (κ1) is 15.3. The van der Waals surface area contributed by atoms with E-state index in [0.717, 1.165) is 11.3 Å². The van der Waals surface area contributed by atoms with E-state index >= 15 is 0 Å². The Morgan fingerprint density at radius 1 is 1.24 bits per heavy atom. The van der Waals surface area contributed by atoms with Gasteiger partial charge in [-0.2, -0.15) is 9.50 Å². The molecule has 0 aliphatic rings. The Labute approximate surface area is 146 Å². The molecule has 0 bridgehead atoms. The number of thiazole rings is 1. The van der Waals surface area contributed by atoms with Crippen LogP contribution in [0.2, 0.25) is 0 Å². The maximum atomic E-state index is 12.4. The zero-order valence-electron chi connectivity index (χ0n) is 13.2. The van der Waals surface area contributed by atoms with Crippen molar-refractivity contribution in [2.45, 2.75) is 0 Å². The van der Waals surface area contributed by atoms with Crippen LogP contribution in [0.25, 0.3) is 28.7 Å². The smallest absolute Gasteiger partial charge is 0.291 e. The first-order chi connectivity index (χ1) is 12.3. The summed E-state index contributed by atoms with van der Waals surface area (Å²) in [7, 11) is 1.63. The highest BCUT2D eigenvalue weighted by molar-refractivity contribution is 7.15. The van der Waals surface area contributed by atoms with Crippen molar-refractivity contribution in [1.29, 1.82) is 0 Å². The van der Waals surface area contributed by atoms with Gasteiger partial charge in [-0.3, -0.25) is 4.79 Å². The molecule has 4 aromatic rings. The summed E-state index contributed by atoms with van der Waals surface area (Å²) >= 11 is 1.28. The molecule has 0 aliphatic carbocycles. The largest absolute Gasteiger partial charge is 0.496 e. The van der Waals surface area contributed by atoms with E-state index in [0.29, 0.717) is 21.1 Å². The van der Waals surface area contributed by atoms with Crippen molar-refractivity contribution in [2.75, 3.05) is 7.11 Å². The zero-order chi connectivity index (χ0) is 17.2. The number of hydrogen-bond acceptors (Lipinski definition) is 6. The van der Waals surface area contributed by atoms with E-state index in [9.17, 15) is 4.79 Å². The predicted octanol–water partition coefficient (Wildman–Crippen LogP) is 2.63. The average molecular weight is 351 g/mol. The van der Waals surface area contributed by atoms with Crippen molar-refractivity contribution in [1.82, 2.24) is 14.6 Å². The van der Waals surface area contributed by atoms with Crippen molar-refractivity contribution in [2.24, 2.45) is 0 Å². The van der Waals surface area contributed by atoms with E-state index < -0.39 is 0 Å². The minimum absolute atomic E-state index is 0.199. The van der Waals surface area contributed by atoms with E-state index in [-0.39, 0.29) is 5.56 Å². The third-order valence-corrected chi connectivity index (χ3v) is 4.56. The van der Waals surface area contributed by atoms with Crippen LogP contribution in [0.5, 0.6) is 5.75 Å². The standard InChI is InChI=1S/C18H13N3O3S/c1-23-13-8-3-2-6-12(13)7-4-10-15-17(22)21-18(25-15)19-16(20-21)14-9-5-11-24-14/h2-11H,1H3/b7-4+,15-10+. The molecule has 124 valence electrons. The average Bonchev–Trinajstić information content (AvgIpc) is 3.34. The molecule has 0 atom stereocenters. The van der Waals surface area contributed by atoms with Crippen molar-refractivity contribution < 1.29 is 9.15 Å². The van der Waals surface area contributed by atoms with Gasteiger partial charge in [0, 0.05) is 5.56 Å². The fourth-order valence-corrected chi connectivity index (χ4v) is 3.26. The molecule has 0 amide bonds. The first-order valence-electron chi connectivity index (χ1n) is 7.51. The topological polar surface area (TPSA) is 69.6 Å². The third-order valence-electron chi connectivity index (χ3n) is 3.59. The van der Waals surface area contributed by atoms with E-state index in [1.54, 1.807) is 31.6 Å². The molecule has 0 fully saturated rings. The molecule has 3 heterocycles. The summed E-state index contributed by atoms with van der Waals surface area (Å²) in [5, 5.41) is 4.21. The molecule has 0 unspecified atom stereocenters. The van der Waals surface area contributed by atoms with Gasteiger partial charge in [-0.25, -0.2) is 0 Å². The summed E-state index contributed by atoms with van der Waals surface area (Å²) < 4.78 is 12.4. The van der Waals surface area contributed by atoms with E-state index in [1.807, 2.05) is 36.4 Å². The Morgan fingerprint density at radius 3 is 2.88 bits per heavy atom.